The van der Waals surface area contributed by atoms with Crippen molar-refractivity contribution in [2.75, 3.05) is 5.32 Å². The van der Waals surface area contributed by atoms with Crippen molar-refractivity contribution < 1.29 is 31.1 Å². The van der Waals surface area contributed by atoms with Gasteiger partial charge in [0.25, 0.3) is 0 Å². The van der Waals surface area contributed by atoms with Gasteiger partial charge in [0.15, 0.2) is 9.84 Å². The van der Waals surface area contributed by atoms with Crippen LogP contribution < -0.4 is 10.1 Å². The molecule has 0 radical (unpaired) electrons. The Labute approximate surface area is 159 Å². The molecule has 0 saturated heterocycles. The summed E-state index contributed by atoms with van der Waals surface area (Å²) in [5.74, 6) is -1.31. The average Bonchev–Trinajstić information content (AvgIpc) is 2.55. The fourth-order valence-corrected chi connectivity index (χ4v) is 3.56. The van der Waals surface area contributed by atoms with E-state index in [4.69, 9.17) is 11.6 Å². The molecule has 0 atom stereocenters. The van der Waals surface area contributed by atoms with E-state index in [0.717, 1.165) is 12.1 Å². The number of ether oxygens (including phenoxy) is 1. The Morgan fingerprint density at radius 2 is 1.52 bits per heavy atom. The Hall–Kier alpha value is -2.26. The topological polar surface area (TPSA) is 72.5 Å². The molecule has 2 aromatic rings. The van der Waals surface area contributed by atoms with Crippen molar-refractivity contribution >= 4 is 33.0 Å². The number of anilines is 1. The molecule has 0 aromatic heterocycles. The zero-order valence-electron chi connectivity index (χ0n) is 14.2. The average molecular weight is 422 g/mol. The summed E-state index contributed by atoms with van der Waals surface area (Å²) in [5.41, 5.74) is 0.119. The molecule has 1 amide bonds. The number of carbonyl (C=O) groups excluding carboxylic acids is 1. The van der Waals surface area contributed by atoms with Gasteiger partial charge in [0.1, 0.15) is 10.5 Å². The first-order valence-electron chi connectivity index (χ1n) is 7.50. The smallest absolute Gasteiger partial charge is 0.406 e. The minimum atomic E-state index is -4.83. The fourth-order valence-electron chi connectivity index (χ4n) is 2.05. The summed E-state index contributed by atoms with van der Waals surface area (Å²) >= 11 is 5.74. The van der Waals surface area contributed by atoms with Gasteiger partial charge in [-0.2, -0.15) is 0 Å². The number of sulfone groups is 1. The summed E-state index contributed by atoms with van der Waals surface area (Å²) in [6.45, 7) is 2.46. The van der Waals surface area contributed by atoms with Gasteiger partial charge in [-0.15, -0.1) is 13.2 Å². The maximum Gasteiger partial charge on any atom is 0.573 e. The number of hydrogen-bond donors (Lipinski definition) is 1. The number of alkyl halides is 3. The number of amides is 1. The summed E-state index contributed by atoms with van der Waals surface area (Å²) < 4.78 is 63.9. The van der Waals surface area contributed by atoms with Crippen molar-refractivity contribution in [2.24, 2.45) is 0 Å². The Morgan fingerprint density at radius 1 is 1.00 bits per heavy atom. The van der Waals surface area contributed by atoms with E-state index in [-0.39, 0.29) is 10.6 Å². The van der Waals surface area contributed by atoms with Crippen molar-refractivity contribution in [3.05, 3.63) is 53.6 Å². The highest BCUT2D eigenvalue weighted by Gasteiger charge is 2.42. The third-order valence-electron chi connectivity index (χ3n) is 3.69. The molecule has 0 spiro atoms. The second-order valence-electron chi connectivity index (χ2n) is 5.99. The lowest BCUT2D eigenvalue weighted by Gasteiger charge is -2.24. The van der Waals surface area contributed by atoms with Crippen LogP contribution >= 0.6 is 11.6 Å². The summed E-state index contributed by atoms with van der Waals surface area (Å²) in [6, 6.07) is 9.71. The van der Waals surface area contributed by atoms with E-state index < -0.39 is 32.6 Å². The Balaban J connectivity index is 2.19. The van der Waals surface area contributed by atoms with Gasteiger partial charge in [0.05, 0.1) is 4.90 Å². The lowest BCUT2D eigenvalue weighted by atomic mass is 10.2. The Kier molecular flexibility index (Phi) is 5.77. The number of hydrogen-bond acceptors (Lipinski definition) is 4. The van der Waals surface area contributed by atoms with Crippen molar-refractivity contribution in [2.45, 2.75) is 29.9 Å². The third-order valence-corrected chi connectivity index (χ3v) is 6.36. The molecule has 2 aromatic carbocycles. The SMILES string of the molecule is CC(C)(C(=O)Nc1ccc(OC(F)(F)F)cc1)S(=O)(=O)c1ccc(Cl)cc1. The summed E-state index contributed by atoms with van der Waals surface area (Å²) in [5, 5.41) is 2.72. The summed E-state index contributed by atoms with van der Waals surface area (Å²) in [7, 11) is -4.05. The highest BCUT2D eigenvalue weighted by Crippen LogP contribution is 2.29. The van der Waals surface area contributed by atoms with Crippen molar-refractivity contribution in [3.63, 3.8) is 0 Å². The van der Waals surface area contributed by atoms with Gasteiger partial charge in [0, 0.05) is 10.7 Å². The monoisotopic (exact) mass is 421 g/mol. The molecule has 2 rings (SSSR count). The van der Waals surface area contributed by atoms with E-state index >= 15 is 0 Å². The molecule has 1 N–H and O–H groups in total. The van der Waals surface area contributed by atoms with Crippen LogP contribution in [0.2, 0.25) is 5.02 Å². The van der Waals surface area contributed by atoms with Gasteiger partial charge in [-0.3, -0.25) is 4.79 Å². The molecular weight excluding hydrogens is 407 g/mol. The maximum absolute atomic E-state index is 12.8. The van der Waals surface area contributed by atoms with Crippen molar-refractivity contribution in [3.8, 4) is 5.75 Å². The van der Waals surface area contributed by atoms with Crippen LogP contribution in [0.3, 0.4) is 0 Å². The molecule has 0 aliphatic heterocycles. The number of nitrogens with one attached hydrogen (secondary N) is 1. The molecule has 0 aliphatic rings. The fraction of sp³-hybridized carbons (Fsp3) is 0.235. The normalized spacial score (nSPS) is 12.5. The number of halogens is 4. The van der Waals surface area contributed by atoms with Gasteiger partial charge in [-0.05, 0) is 62.4 Å². The lowest BCUT2D eigenvalue weighted by molar-refractivity contribution is -0.274. The van der Waals surface area contributed by atoms with Gasteiger partial charge >= 0.3 is 6.36 Å². The predicted octanol–water partition coefficient (Wildman–Crippen LogP) is 4.43. The molecule has 27 heavy (non-hydrogen) atoms. The first-order chi connectivity index (χ1) is 12.3. The van der Waals surface area contributed by atoms with Gasteiger partial charge in [0.2, 0.25) is 5.91 Å². The molecule has 10 heteroatoms. The van der Waals surface area contributed by atoms with Crippen LogP contribution in [0.4, 0.5) is 18.9 Å². The highest BCUT2D eigenvalue weighted by atomic mass is 35.5. The van der Waals surface area contributed by atoms with E-state index in [1.807, 2.05) is 0 Å². The van der Waals surface area contributed by atoms with Gasteiger partial charge in [-0.25, -0.2) is 8.42 Å². The molecule has 0 heterocycles. The van der Waals surface area contributed by atoms with E-state index in [0.29, 0.717) is 5.02 Å². The number of rotatable bonds is 5. The second kappa shape index (κ2) is 7.40. The highest BCUT2D eigenvalue weighted by molar-refractivity contribution is 7.93. The molecule has 5 nitrogen and oxygen atoms in total. The van der Waals surface area contributed by atoms with Crippen LogP contribution in [-0.2, 0) is 14.6 Å². The zero-order valence-corrected chi connectivity index (χ0v) is 15.7. The standard InChI is InChI=1S/C17H15ClF3NO4S/c1-16(2,27(24,25)14-9-3-11(18)4-10-14)15(23)22-12-5-7-13(8-6-12)26-17(19,20)21/h3-10H,1-2H3,(H,22,23). The molecule has 0 bridgehead atoms. The second-order valence-corrected chi connectivity index (χ2v) is 8.93. The zero-order chi connectivity index (χ0) is 20.5. The Bertz CT molecular complexity index is 924. The molecular formula is C17H15ClF3NO4S. The minimum Gasteiger partial charge on any atom is -0.406 e. The molecule has 0 unspecified atom stereocenters. The number of carbonyl (C=O) groups is 1. The third kappa shape index (κ3) is 4.92. The van der Waals surface area contributed by atoms with Crippen LogP contribution in [0.5, 0.6) is 5.75 Å². The van der Waals surface area contributed by atoms with Crippen LogP contribution in [0.15, 0.2) is 53.4 Å². The lowest BCUT2D eigenvalue weighted by Crippen LogP contribution is -2.44. The van der Waals surface area contributed by atoms with Crippen LogP contribution in [0.25, 0.3) is 0 Å². The molecule has 146 valence electrons. The molecule has 0 fully saturated rings. The maximum atomic E-state index is 12.8. The van der Waals surface area contributed by atoms with Gasteiger partial charge in [-0.1, -0.05) is 11.6 Å². The molecule has 0 saturated carbocycles. The van der Waals surface area contributed by atoms with E-state index in [1.165, 1.54) is 50.2 Å². The van der Waals surface area contributed by atoms with E-state index in [2.05, 4.69) is 10.1 Å². The molecule has 0 aliphatic carbocycles. The largest absolute Gasteiger partial charge is 0.573 e. The van der Waals surface area contributed by atoms with Crippen LogP contribution in [0, 0.1) is 0 Å². The number of benzene rings is 2. The van der Waals surface area contributed by atoms with Crippen molar-refractivity contribution in [1.82, 2.24) is 0 Å². The van der Waals surface area contributed by atoms with Crippen molar-refractivity contribution in [1.29, 1.82) is 0 Å². The van der Waals surface area contributed by atoms with Crippen LogP contribution in [-0.4, -0.2) is 25.4 Å². The van der Waals surface area contributed by atoms with Crippen LogP contribution in [0.1, 0.15) is 13.8 Å². The Morgan fingerprint density at radius 3 is 2.00 bits per heavy atom. The minimum absolute atomic E-state index is 0.0824. The predicted molar refractivity (Wildman–Crippen MR) is 94.5 cm³/mol. The summed E-state index contributed by atoms with van der Waals surface area (Å²) in [6.07, 6.45) is -4.83. The first-order valence-corrected chi connectivity index (χ1v) is 9.36. The van der Waals surface area contributed by atoms with Gasteiger partial charge < -0.3 is 10.1 Å². The quantitative estimate of drug-likeness (QED) is 0.775. The first kappa shape index (κ1) is 21.0. The van der Waals surface area contributed by atoms with E-state index in [1.54, 1.807) is 0 Å². The van der Waals surface area contributed by atoms with E-state index in [9.17, 15) is 26.4 Å². The summed E-state index contributed by atoms with van der Waals surface area (Å²) in [4.78, 5) is 12.4.